The van der Waals surface area contributed by atoms with Crippen molar-refractivity contribution in [1.82, 2.24) is 0 Å². The molecule has 3 aromatic carbocycles. The summed E-state index contributed by atoms with van der Waals surface area (Å²) in [6, 6.07) is 9.15. The molecule has 0 aliphatic carbocycles. The molecular formula is C22H17Cl2F3O. The number of halogens is 5. The molecule has 0 fully saturated rings. The molecule has 0 radical (unpaired) electrons. The van der Waals surface area contributed by atoms with Crippen LogP contribution in [0.4, 0.5) is 13.2 Å². The van der Waals surface area contributed by atoms with Gasteiger partial charge in [-0.15, -0.1) is 0 Å². The van der Waals surface area contributed by atoms with Gasteiger partial charge in [0.05, 0.1) is 0 Å². The van der Waals surface area contributed by atoms with E-state index in [2.05, 4.69) is 0 Å². The van der Waals surface area contributed by atoms with Crippen LogP contribution in [-0.4, -0.2) is 5.11 Å². The summed E-state index contributed by atoms with van der Waals surface area (Å²) in [4.78, 5) is 0. The van der Waals surface area contributed by atoms with E-state index >= 15 is 0 Å². The van der Waals surface area contributed by atoms with Crippen molar-refractivity contribution in [1.29, 1.82) is 0 Å². The van der Waals surface area contributed by atoms with Crippen LogP contribution in [0.2, 0.25) is 10.0 Å². The number of aromatic hydroxyl groups is 1. The summed E-state index contributed by atoms with van der Waals surface area (Å²) in [6.45, 7) is 3.57. The number of phenols is 1. The molecule has 6 heteroatoms. The second kappa shape index (κ2) is 8.06. The molecule has 0 saturated carbocycles. The molecule has 0 bridgehead atoms. The van der Waals surface area contributed by atoms with Gasteiger partial charge in [-0.1, -0.05) is 43.1 Å². The number of benzene rings is 3. The highest BCUT2D eigenvalue weighted by atomic mass is 35.5. The van der Waals surface area contributed by atoms with E-state index in [1.54, 1.807) is 26.0 Å². The van der Waals surface area contributed by atoms with Gasteiger partial charge in [0.25, 0.3) is 0 Å². The summed E-state index contributed by atoms with van der Waals surface area (Å²) >= 11 is 12.7. The van der Waals surface area contributed by atoms with Gasteiger partial charge in [-0.05, 0) is 58.5 Å². The van der Waals surface area contributed by atoms with Crippen molar-refractivity contribution in [3.63, 3.8) is 0 Å². The summed E-state index contributed by atoms with van der Waals surface area (Å²) < 4.78 is 41.8. The molecular weight excluding hydrogens is 408 g/mol. The second-order valence-corrected chi connectivity index (χ2v) is 7.69. The molecule has 0 saturated heterocycles. The van der Waals surface area contributed by atoms with Crippen molar-refractivity contribution in [2.45, 2.75) is 26.2 Å². The molecule has 0 amide bonds. The van der Waals surface area contributed by atoms with Crippen LogP contribution in [0.1, 0.15) is 36.5 Å². The Balaban J connectivity index is 2.02. The van der Waals surface area contributed by atoms with Gasteiger partial charge in [0.1, 0.15) is 23.2 Å². The van der Waals surface area contributed by atoms with Gasteiger partial charge < -0.3 is 5.11 Å². The minimum absolute atomic E-state index is 0.100. The maximum atomic E-state index is 14.8. The molecule has 0 aliphatic heterocycles. The van der Waals surface area contributed by atoms with Crippen LogP contribution in [-0.2, 0) is 6.42 Å². The van der Waals surface area contributed by atoms with E-state index < -0.39 is 17.5 Å². The smallest absolute Gasteiger partial charge is 0.133 e. The van der Waals surface area contributed by atoms with Gasteiger partial charge in [0, 0.05) is 28.1 Å². The first-order valence-corrected chi connectivity index (χ1v) is 9.37. The Morgan fingerprint density at radius 1 is 0.857 bits per heavy atom. The Hall–Kier alpha value is -2.17. The Kier molecular flexibility index (Phi) is 5.92. The van der Waals surface area contributed by atoms with Crippen LogP contribution < -0.4 is 0 Å². The van der Waals surface area contributed by atoms with E-state index in [-0.39, 0.29) is 33.7 Å². The van der Waals surface area contributed by atoms with Crippen molar-refractivity contribution >= 4 is 23.2 Å². The first-order chi connectivity index (χ1) is 13.2. The Morgan fingerprint density at radius 3 is 1.93 bits per heavy atom. The summed E-state index contributed by atoms with van der Waals surface area (Å²) in [7, 11) is 0. The fourth-order valence-electron chi connectivity index (χ4n) is 3.16. The molecule has 3 rings (SSSR count). The van der Waals surface area contributed by atoms with Gasteiger partial charge in [-0.2, -0.15) is 0 Å². The summed E-state index contributed by atoms with van der Waals surface area (Å²) in [6.07, 6.45) is 0.112. The SMILES string of the molecule is CC(C)c1c(O)ccc(Cc2c(Cl)cc(-c3cc(F)cc(F)c3)cc2Cl)c1F. The van der Waals surface area contributed by atoms with Crippen LogP contribution in [0.15, 0.2) is 42.5 Å². The summed E-state index contributed by atoms with van der Waals surface area (Å²) in [5, 5.41) is 10.4. The monoisotopic (exact) mass is 424 g/mol. The Morgan fingerprint density at radius 2 is 1.39 bits per heavy atom. The fourth-order valence-corrected chi connectivity index (χ4v) is 3.78. The summed E-state index contributed by atoms with van der Waals surface area (Å²) in [5.74, 6) is -2.22. The highest BCUT2D eigenvalue weighted by Crippen LogP contribution is 2.36. The van der Waals surface area contributed by atoms with Crippen molar-refractivity contribution in [3.8, 4) is 16.9 Å². The topological polar surface area (TPSA) is 20.2 Å². The number of rotatable bonds is 4. The lowest BCUT2D eigenvalue weighted by Gasteiger charge is -2.15. The number of phenolic OH excluding ortho intramolecular Hbond substituents is 1. The fraction of sp³-hybridized carbons (Fsp3) is 0.182. The second-order valence-electron chi connectivity index (χ2n) is 6.88. The molecule has 0 aliphatic rings. The van der Waals surface area contributed by atoms with E-state index in [0.29, 0.717) is 22.3 Å². The normalized spacial score (nSPS) is 11.3. The van der Waals surface area contributed by atoms with Gasteiger partial charge >= 0.3 is 0 Å². The standard InChI is InChI=1S/C22H17Cl2F3O/c1-11(2)21-20(28)4-3-12(22(21)27)7-17-18(23)8-14(9-19(17)24)13-5-15(25)10-16(26)6-13/h3-6,8-11,28H,7H2,1-2H3. The molecule has 0 unspecified atom stereocenters. The van der Waals surface area contributed by atoms with Crippen LogP contribution in [0.3, 0.4) is 0 Å². The van der Waals surface area contributed by atoms with E-state index in [9.17, 15) is 18.3 Å². The lowest BCUT2D eigenvalue weighted by molar-refractivity contribution is 0.452. The van der Waals surface area contributed by atoms with E-state index in [0.717, 1.165) is 6.07 Å². The molecule has 0 atom stereocenters. The molecule has 146 valence electrons. The molecule has 28 heavy (non-hydrogen) atoms. The highest BCUT2D eigenvalue weighted by molar-refractivity contribution is 6.36. The van der Waals surface area contributed by atoms with Gasteiger partial charge in [-0.25, -0.2) is 13.2 Å². The molecule has 0 spiro atoms. The maximum absolute atomic E-state index is 14.8. The van der Waals surface area contributed by atoms with Crippen LogP contribution >= 0.6 is 23.2 Å². The van der Waals surface area contributed by atoms with Gasteiger partial charge in [0.15, 0.2) is 0 Å². The third kappa shape index (κ3) is 4.13. The minimum atomic E-state index is -0.710. The van der Waals surface area contributed by atoms with E-state index in [4.69, 9.17) is 23.2 Å². The average Bonchev–Trinajstić information content (AvgIpc) is 2.58. The summed E-state index contributed by atoms with van der Waals surface area (Å²) in [5.41, 5.74) is 1.81. The van der Waals surface area contributed by atoms with Crippen molar-refractivity contribution in [3.05, 3.63) is 86.7 Å². The Labute approximate surface area is 171 Å². The zero-order valence-corrected chi connectivity index (χ0v) is 16.7. The van der Waals surface area contributed by atoms with Crippen LogP contribution in [0.25, 0.3) is 11.1 Å². The lowest BCUT2D eigenvalue weighted by Crippen LogP contribution is -2.01. The zero-order chi connectivity index (χ0) is 20.6. The van der Waals surface area contributed by atoms with E-state index in [1.165, 1.54) is 24.3 Å². The minimum Gasteiger partial charge on any atom is -0.508 e. The average molecular weight is 425 g/mol. The van der Waals surface area contributed by atoms with Crippen molar-refractivity contribution in [2.24, 2.45) is 0 Å². The van der Waals surface area contributed by atoms with Gasteiger partial charge in [-0.3, -0.25) is 0 Å². The molecule has 1 N–H and O–H groups in total. The lowest BCUT2D eigenvalue weighted by atomic mass is 9.94. The van der Waals surface area contributed by atoms with Crippen molar-refractivity contribution < 1.29 is 18.3 Å². The maximum Gasteiger partial charge on any atom is 0.133 e. The molecule has 0 aromatic heterocycles. The Bertz CT molecular complexity index is 1000. The zero-order valence-electron chi connectivity index (χ0n) is 15.2. The number of hydrogen-bond donors (Lipinski definition) is 1. The molecule has 1 nitrogen and oxygen atoms in total. The third-order valence-electron chi connectivity index (χ3n) is 4.52. The third-order valence-corrected chi connectivity index (χ3v) is 5.19. The molecule has 0 heterocycles. The molecule has 3 aromatic rings. The first-order valence-electron chi connectivity index (χ1n) is 8.62. The first kappa shape index (κ1) is 20.6. The number of hydrogen-bond acceptors (Lipinski definition) is 1. The van der Waals surface area contributed by atoms with Crippen molar-refractivity contribution in [2.75, 3.05) is 0 Å². The van der Waals surface area contributed by atoms with E-state index in [1.807, 2.05) is 0 Å². The quantitative estimate of drug-likeness (QED) is 0.459. The predicted octanol–water partition coefficient (Wildman–Crippen LogP) is 7.50. The highest BCUT2D eigenvalue weighted by Gasteiger charge is 2.19. The van der Waals surface area contributed by atoms with Gasteiger partial charge in [0.2, 0.25) is 0 Å². The largest absolute Gasteiger partial charge is 0.508 e. The predicted molar refractivity (Wildman–Crippen MR) is 107 cm³/mol. The van der Waals surface area contributed by atoms with Crippen LogP contribution in [0, 0.1) is 17.5 Å². The van der Waals surface area contributed by atoms with Crippen LogP contribution in [0.5, 0.6) is 5.75 Å².